The van der Waals surface area contributed by atoms with Gasteiger partial charge in [0.15, 0.2) is 5.11 Å². The Morgan fingerprint density at radius 2 is 2.10 bits per heavy atom. The summed E-state index contributed by atoms with van der Waals surface area (Å²) in [5, 5.41) is 4.84. The van der Waals surface area contributed by atoms with Gasteiger partial charge in [0.25, 0.3) is 0 Å². The highest BCUT2D eigenvalue weighted by atomic mass is 35.5. The summed E-state index contributed by atoms with van der Waals surface area (Å²) in [7, 11) is 0. The van der Waals surface area contributed by atoms with Crippen LogP contribution < -0.4 is 5.32 Å². The zero-order valence-electron chi connectivity index (χ0n) is 16.3. The number of nitrogens with zero attached hydrogens (tertiary/aromatic N) is 4. The van der Waals surface area contributed by atoms with Crippen LogP contribution in [-0.4, -0.2) is 43.8 Å². The minimum absolute atomic E-state index is 0.0379. The molecule has 0 radical (unpaired) electrons. The van der Waals surface area contributed by atoms with Gasteiger partial charge in [-0.3, -0.25) is 4.98 Å². The molecule has 0 spiro atoms. The van der Waals surface area contributed by atoms with Gasteiger partial charge in [-0.25, -0.2) is 4.98 Å². The molecule has 6 nitrogen and oxygen atoms in total. The number of aromatic nitrogens is 3. The van der Waals surface area contributed by atoms with E-state index in [1.165, 1.54) is 0 Å². The van der Waals surface area contributed by atoms with Crippen LogP contribution >= 0.6 is 23.8 Å². The lowest BCUT2D eigenvalue weighted by Gasteiger charge is -2.30. The van der Waals surface area contributed by atoms with Crippen LogP contribution in [0.4, 0.5) is 0 Å². The maximum Gasteiger partial charge on any atom is 0.170 e. The van der Waals surface area contributed by atoms with Crippen LogP contribution in [0.3, 0.4) is 0 Å². The summed E-state index contributed by atoms with van der Waals surface area (Å²) < 4.78 is 8.01. The second kappa shape index (κ2) is 8.34. The van der Waals surface area contributed by atoms with Gasteiger partial charge >= 0.3 is 0 Å². The highest BCUT2D eigenvalue weighted by Crippen LogP contribution is 2.40. The third-order valence-corrected chi connectivity index (χ3v) is 6.24. The number of ether oxygens (including phenoxy) is 1. The maximum atomic E-state index is 6.05. The van der Waals surface area contributed by atoms with E-state index in [-0.39, 0.29) is 18.2 Å². The molecule has 2 aliphatic rings. The van der Waals surface area contributed by atoms with Gasteiger partial charge < -0.3 is 19.5 Å². The van der Waals surface area contributed by atoms with Crippen molar-refractivity contribution in [2.45, 2.75) is 31.0 Å². The fraction of sp³-hybridized carbons (Fsp3) is 0.318. The molecule has 0 aliphatic carbocycles. The molecular formula is C22H22ClN5OS. The van der Waals surface area contributed by atoms with Gasteiger partial charge in [0, 0.05) is 37.4 Å². The monoisotopic (exact) mass is 439 g/mol. The van der Waals surface area contributed by atoms with Crippen LogP contribution in [-0.2, 0) is 4.74 Å². The molecule has 8 heteroatoms. The van der Waals surface area contributed by atoms with Gasteiger partial charge in [-0.1, -0.05) is 17.7 Å². The Bertz CT molecular complexity index is 1020. The van der Waals surface area contributed by atoms with Crippen molar-refractivity contribution in [1.29, 1.82) is 0 Å². The number of hydrogen-bond donors (Lipinski definition) is 1. The lowest BCUT2D eigenvalue weighted by atomic mass is 10.0. The molecule has 0 bridgehead atoms. The molecule has 154 valence electrons. The summed E-state index contributed by atoms with van der Waals surface area (Å²) in [5.41, 5.74) is 2.04. The zero-order chi connectivity index (χ0) is 20.5. The minimum Gasteiger partial charge on any atom is -0.376 e. The summed E-state index contributed by atoms with van der Waals surface area (Å²) in [6.45, 7) is 1.57. The first-order valence-electron chi connectivity index (χ1n) is 10.1. The number of rotatable bonds is 5. The number of hydrogen-bond acceptors (Lipinski definition) is 4. The lowest BCUT2D eigenvalue weighted by molar-refractivity contribution is 0.0836. The predicted molar refractivity (Wildman–Crippen MR) is 120 cm³/mol. The molecule has 0 amide bonds. The molecule has 3 aromatic rings. The Kier molecular flexibility index (Phi) is 5.41. The zero-order valence-corrected chi connectivity index (χ0v) is 17.9. The summed E-state index contributed by atoms with van der Waals surface area (Å²) in [6.07, 6.45) is 7.84. The second-order valence-corrected chi connectivity index (χ2v) is 8.37. The normalized spacial score (nSPS) is 23.7. The molecule has 0 aromatic carbocycles. The smallest absolute Gasteiger partial charge is 0.170 e. The fourth-order valence-electron chi connectivity index (χ4n) is 4.29. The van der Waals surface area contributed by atoms with Crippen molar-refractivity contribution in [1.82, 2.24) is 24.8 Å². The topological polar surface area (TPSA) is 55.2 Å². The quantitative estimate of drug-likeness (QED) is 0.605. The highest BCUT2D eigenvalue weighted by molar-refractivity contribution is 7.80. The third kappa shape index (κ3) is 3.69. The maximum absolute atomic E-state index is 6.05. The van der Waals surface area contributed by atoms with E-state index in [9.17, 15) is 0 Å². The standard InChI is InChI=1S/C22H22ClN5OS/c23-15-8-9-19(25-13-15)27-11-3-7-18(27)21-20(17-6-1-2-10-24-17)26-22(30)28(21)14-16-5-4-12-29-16/h1-3,6-11,13,16,20-21H,4-5,12,14H2,(H,26,30)/t16-,20-,21-/m0/s1. The molecule has 0 unspecified atom stereocenters. The summed E-state index contributed by atoms with van der Waals surface area (Å²) in [5.74, 6) is 0.814. The Balaban J connectivity index is 1.56. The third-order valence-electron chi connectivity index (χ3n) is 5.66. The highest BCUT2D eigenvalue weighted by Gasteiger charge is 2.42. The average Bonchev–Trinajstić information content (AvgIpc) is 3.51. The van der Waals surface area contributed by atoms with Crippen molar-refractivity contribution in [3.05, 3.63) is 77.5 Å². The first-order chi connectivity index (χ1) is 14.7. The van der Waals surface area contributed by atoms with Crippen molar-refractivity contribution >= 4 is 28.9 Å². The van der Waals surface area contributed by atoms with E-state index in [1.54, 1.807) is 6.20 Å². The van der Waals surface area contributed by atoms with E-state index in [0.717, 1.165) is 48.3 Å². The molecule has 5 heterocycles. The number of thiocarbonyl (C=S) groups is 1. The van der Waals surface area contributed by atoms with Gasteiger partial charge in [-0.15, -0.1) is 0 Å². The first kappa shape index (κ1) is 19.5. The first-order valence-corrected chi connectivity index (χ1v) is 10.9. The van der Waals surface area contributed by atoms with Gasteiger partial charge in [-0.05, 0) is 61.5 Å². The van der Waals surface area contributed by atoms with E-state index >= 15 is 0 Å². The summed E-state index contributed by atoms with van der Waals surface area (Å²) >= 11 is 11.8. The molecule has 1 N–H and O–H groups in total. The SMILES string of the molecule is S=C1N[C@@H](c2ccccn2)[C@H](c2cccn2-c2ccc(Cl)cn2)N1C[C@@H]1CCCO1. The molecule has 5 rings (SSSR count). The van der Waals surface area contributed by atoms with E-state index in [0.29, 0.717) is 5.02 Å². The van der Waals surface area contributed by atoms with Gasteiger partial charge in [0.2, 0.25) is 0 Å². The molecule has 2 aliphatic heterocycles. The van der Waals surface area contributed by atoms with Gasteiger partial charge in [0.05, 0.1) is 28.9 Å². The van der Waals surface area contributed by atoms with Gasteiger partial charge in [0.1, 0.15) is 5.82 Å². The minimum atomic E-state index is -0.0685. The number of halogens is 1. The van der Waals surface area contributed by atoms with Crippen LogP contribution in [0, 0.1) is 0 Å². The lowest BCUT2D eigenvalue weighted by Crippen LogP contribution is -2.36. The average molecular weight is 440 g/mol. The van der Waals surface area contributed by atoms with Crippen LogP contribution in [0.1, 0.15) is 36.3 Å². The van der Waals surface area contributed by atoms with Crippen molar-refractivity contribution in [2.75, 3.05) is 13.2 Å². The molecule has 3 atom stereocenters. The van der Waals surface area contributed by atoms with Crippen LogP contribution in [0.15, 0.2) is 61.1 Å². The Labute approximate surface area is 185 Å². The molecule has 2 fully saturated rings. The van der Waals surface area contributed by atoms with Crippen LogP contribution in [0.25, 0.3) is 5.82 Å². The van der Waals surface area contributed by atoms with E-state index in [2.05, 4.69) is 30.8 Å². The van der Waals surface area contributed by atoms with Crippen molar-refractivity contribution < 1.29 is 4.74 Å². The van der Waals surface area contributed by atoms with E-state index in [4.69, 9.17) is 28.6 Å². The predicted octanol–water partition coefficient (Wildman–Crippen LogP) is 4.07. The summed E-state index contributed by atoms with van der Waals surface area (Å²) in [4.78, 5) is 11.4. The molecular weight excluding hydrogens is 418 g/mol. The Hall–Kier alpha value is -2.48. The molecule has 3 aromatic heterocycles. The van der Waals surface area contributed by atoms with Crippen LogP contribution in [0.2, 0.25) is 5.02 Å². The Morgan fingerprint density at radius 3 is 2.83 bits per heavy atom. The summed E-state index contributed by atoms with van der Waals surface area (Å²) in [6, 6.07) is 13.8. The van der Waals surface area contributed by atoms with Crippen molar-refractivity contribution in [3.63, 3.8) is 0 Å². The van der Waals surface area contributed by atoms with Gasteiger partial charge in [-0.2, -0.15) is 0 Å². The molecule has 30 heavy (non-hydrogen) atoms. The largest absolute Gasteiger partial charge is 0.376 e. The van der Waals surface area contributed by atoms with Crippen molar-refractivity contribution in [2.24, 2.45) is 0 Å². The Morgan fingerprint density at radius 1 is 1.17 bits per heavy atom. The molecule has 2 saturated heterocycles. The second-order valence-electron chi connectivity index (χ2n) is 7.55. The number of nitrogens with one attached hydrogen (secondary N) is 1. The van der Waals surface area contributed by atoms with E-state index < -0.39 is 0 Å². The van der Waals surface area contributed by atoms with Crippen LogP contribution in [0.5, 0.6) is 0 Å². The molecule has 0 saturated carbocycles. The number of pyridine rings is 2. The van der Waals surface area contributed by atoms with E-state index in [1.807, 2.05) is 48.8 Å². The fourth-order valence-corrected chi connectivity index (χ4v) is 4.71. The van der Waals surface area contributed by atoms with Crippen molar-refractivity contribution in [3.8, 4) is 5.82 Å².